The molecule has 0 bridgehead atoms. The van der Waals surface area contributed by atoms with E-state index in [0.29, 0.717) is 24.8 Å². The van der Waals surface area contributed by atoms with Gasteiger partial charge in [0.15, 0.2) is 0 Å². The first kappa shape index (κ1) is 15.4. The molecule has 1 saturated heterocycles. The van der Waals surface area contributed by atoms with Crippen molar-refractivity contribution < 1.29 is 9.53 Å². The van der Waals surface area contributed by atoms with Crippen LogP contribution in [-0.4, -0.2) is 43.7 Å². The van der Waals surface area contributed by atoms with E-state index in [1.54, 1.807) is 7.11 Å². The third-order valence-electron chi connectivity index (χ3n) is 4.04. The smallest absolute Gasteiger partial charge is 0.222 e. The Bertz CT molecular complexity index is 256. The zero-order valence-corrected chi connectivity index (χ0v) is 12.0. The lowest BCUT2D eigenvalue weighted by Gasteiger charge is -2.22. The summed E-state index contributed by atoms with van der Waals surface area (Å²) in [5, 5.41) is 0. The van der Waals surface area contributed by atoms with E-state index in [-0.39, 0.29) is 12.0 Å². The van der Waals surface area contributed by atoms with Crippen LogP contribution in [-0.2, 0) is 9.53 Å². The summed E-state index contributed by atoms with van der Waals surface area (Å²) in [6.45, 7) is 6.74. The second-order valence-corrected chi connectivity index (χ2v) is 5.61. The molecule has 106 valence electrons. The van der Waals surface area contributed by atoms with E-state index < -0.39 is 0 Å². The van der Waals surface area contributed by atoms with E-state index in [1.165, 1.54) is 0 Å². The number of nitrogens with two attached hydrogens (primary N) is 1. The van der Waals surface area contributed by atoms with Crippen LogP contribution in [0.4, 0.5) is 0 Å². The summed E-state index contributed by atoms with van der Waals surface area (Å²) in [7, 11) is 1.72. The van der Waals surface area contributed by atoms with Gasteiger partial charge < -0.3 is 15.4 Å². The van der Waals surface area contributed by atoms with Gasteiger partial charge in [-0.25, -0.2) is 0 Å². The van der Waals surface area contributed by atoms with Crippen molar-refractivity contribution in [1.82, 2.24) is 4.90 Å². The molecule has 1 heterocycles. The van der Waals surface area contributed by atoms with Crippen molar-refractivity contribution >= 4 is 5.91 Å². The summed E-state index contributed by atoms with van der Waals surface area (Å²) in [4.78, 5) is 14.0. The SMILES string of the molecule is COC1CCN(C(=O)CCC(CCN)C(C)C)C1. The Morgan fingerprint density at radius 3 is 2.67 bits per heavy atom. The fraction of sp³-hybridized carbons (Fsp3) is 0.929. The van der Waals surface area contributed by atoms with E-state index >= 15 is 0 Å². The molecule has 0 spiro atoms. The van der Waals surface area contributed by atoms with Crippen LogP contribution in [0.3, 0.4) is 0 Å². The fourth-order valence-electron chi connectivity index (χ4n) is 2.64. The number of hydrogen-bond donors (Lipinski definition) is 1. The molecule has 0 aromatic carbocycles. The minimum atomic E-state index is 0.235. The van der Waals surface area contributed by atoms with Gasteiger partial charge in [0.1, 0.15) is 0 Å². The van der Waals surface area contributed by atoms with E-state index in [2.05, 4.69) is 13.8 Å². The lowest BCUT2D eigenvalue weighted by molar-refractivity contribution is -0.131. The highest BCUT2D eigenvalue weighted by Crippen LogP contribution is 2.22. The summed E-state index contributed by atoms with van der Waals surface area (Å²) in [5.74, 6) is 1.45. The van der Waals surface area contributed by atoms with E-state index in [4.69, 9.17) is 10.5 Å². The zero-order valence-electron chi connectivity index (χ0n) is 12.0. The number of nitrogens with zero attached hydrogens (tertiary/aromatic N) is 1. The van der Waals surface area contributed by atoms with Crippen LogP contribution in [0.15, 0.2) is 0 Å². The van der Waals surface area contributed by atoms with Crippen LogP contribution < -0.4 is 5.73 Å². The highest BCUT2D eigenvalue weighted by Gasteiger charge is 2.26. The Morgan fingerprint density at radius 2 is 2.17 bits per heavy atom. The molecule has 1 rings (SSSR count). The number of amides is 1. The first-order valence-electron chi connectivity index (χ1n) is 7.09. The average molecular weight is 256 g/mol. The Kier molecular flexibility index (Phi) is 6.65. The van der Waals surface area contributed by atoms with Crippen molar-refractivity contribution in [1.29, 1.82) is 0 Å². The second kappa shape index (κ2) is 7.74. The maximum atomic E-state index is 12.1. The van der Waals surface area contributed by atoms with Crippen LogP contribution in [0.25, 0.3) is 0 Å². The fourth-order valence-corrected chi connectivity index (χ4v) is 2.64. The first-order valence-corrected chi connectivity index (χ1v) is 7.09. The minimum absolute atomic E-state index is 0.235. The van der Waals surface area contributed by atoms with Gasteiger partial charge in [-0.05, 0) is 37.6 Å². The summed E-state index contributed by atoms with van der Waals surface area (Å²) < 4.78 is 5.28. The summed E-state index contributed by atoms with van der Waals surface area (Å²) in [6.07, 6.45) is 3.84. The Labute approximate surface area is 111 Å². The molecule has 1 amide bonds. The average Bonchev–Trinajstić information content (AvgIpc) is 2.82. The second-order valence-electron chi connectivity index (χ2n) is 5.61. The van der Waals surface area contributed by atoms with Crippen LogP contribution in [0.1, 0.15) is 39.5 Å². The van der Waals surface area contributed by atoms with Gasteiger partial charge in [0.25, 0.3) is 0 Å². The van der Waals surface area contributed by atoms with Crippen molar-refractivity contribution in [3.8, 4) is 0 Å². The lowest BCUT2D eigenvalue weighted by Crippen LogP contribution is -2.30. The molecule has 0 aromatic heterocycles. The topological polar surface area (TPSA) is 55.6 Å². The third-order valence-corrected chi connectivity index (χ3v) is 4.04. The molecule has 4 heteroatoms. The molecule has 2 N–H and O–H groups in total. The van der Waals surface area contributed by atoms with Gasteiger partial charge in [-0.15, -0.1) is 0 Å². The molecular formula is C14H28N2O2. The molecule has 2 unspecified atom stereocenters. The van der Waals surface area contributed by atoms with Gasteiger partial charge in [0.2, 0.25) is 5.91 Å². The van der Waals surface area contributed by atoms with E-state index in [0.717, 1.165) is 32.4 Å². The minimum Gasteiger partial charge on any atom is -0.380 e. The van der Waals surface area contributed by atoms with Gasteiger partial charge in [-0.1, -0.05) is 13.8 Å². The van der Waals surface area contributed by atoms with Crippen LogP contribution in [0.2, 0.25) is 0 Å². The van der Waals surface area contributed by atoms with Crippen molar-refractivity contribution in [2.45, 2.75) is 45.6 Å². The van der Waals surface area contributed by atoms with E-state index in [9.17, 15) is 4.79 Å². The van der Waals surface area contributed by atoms with Crippen molar-refractivity contribution in [2.24, 2.45) is 17.6 Å². The number of carbonyl (C=O) groups is 1. The molecule has 0 aliphatic carbocycles. The number of methoxy groups -OCH3 is 1. The van der Waals surface area contributed by atoms with Crippen LogP contribution >= 0.6 is 0 Å². The number of carbonyl (C=O) groups excluding carboxylic acids is 1. The lowest BCUT2D eigenvalue weighted by atomic mass is 9.88. The Morgan fingerprint density at radius 1 is 1.44 bits per heavy atom. The van der Waals surface area contributed by atoms with Gasteiger partial charge in [0, 0.05) is 26.6 Å². The molecular weight excluding hydrogens is 228 g/mol. The third kappa shape index (κ3) is 4.58. The molecule has 1 fully saturated rings. The normalized spacial score (nSPS) is 21.6. The highest BCUT2D eigenvalue weighted by molar-refractivity contribution is 5.76. The predicted octanol–water partition coefficient (Wildman–Crippen LogP) is 1.63. The number of hydrogen-bond acceptors (Lipinski definition) is 3. The molecule has 4 nitrogen and oxygen atoms in total. The van der Waals surface area contributed by atoms with E-state index in [1.807, 2.05) is 4.90 Å². The molecule has 0 aromatic rings. The summed E-state index contributed by atoms with van der Waals surface area (Å²) >= 11 is 0. The predicted molar refractivity (Wildman–Crippen MR) is 73.2 cm³/mol. The standard InChI is InChI=1S/C14H28N2O2/c1-11(2)12(6-8-15)4-5-14(17)16-9-7-13(10-16)18-3/h11-13H,4-10,15H2,1-3H3. The number of likely N-dealkylation sites (tertiary alicyclic amines) is 1. The molecule has 2 atom stereocenters. The molecule has 0 radical (unpaired) electrons. The van der Waals surface area contributed by atoms with Gasteiger partial charge in [-0.3, -0.25) is 4.79 Å². The summed E-state index contributed by atoms with van der Waals surface area (Å²) in [5.41, 5.74) is 5.62. The monoisotopic (exact) mass is 256 g/mol. The maximum absolute atomic E-state index is 12.1. The molecule has 1 aliphatic heterocycles. The van der Waals surface area contributed by atoms with Crippen LogP contribution in [0.5, 0.6) is 0 Å². The molecule has 18 heavy (non-hydrogen) atoms. The first-order chi connectivity index (χ1) is 8.58. The van der Waals surface area contributed by atoms with Crippen molar-refractivity contribution in [2.75, 3.05) is 26.7 Å². The maximum Gasteiger partial charge on any atom is 0.222 e. The van der Waals surface area contributed by atoms with Gasteiger partial charge in [0.05, 0.1) is 6.10 Å². The number of ether oxygens (including phenoxy) is 1. The number of rotatable bonds is 7. The quantitative estimate of drug-likeness (QED) is 0.753. The van der Waals surface area contributed by atoms with Crippen LogP contribution in [0, 0.1) is 11.8 Å². The zero-order chi connectivity index (χ0) is 13.5. The Balaban J connectivity index is 2.31. The van der Waals surface area contributed by atoms with Gasteiger partial charge >= 0.3 is 0 Å². The Hall–Kier alpha value is -0.610. The highest BCUT2D eigenvalue weighted by atomic mass is 16.5. The van der Waals surface area contributed by atoms with Crippen molar-refractivity contribution in [3.05, 3.63) is 0 Å². The molecule has 0 saturated carbocycles. The largest absolute Gasteiger partial charge is 0.380 e. The van der Waals surface area contributed by atoms with Gasteiger partial charge in [-0.2, -0.15) is 0 Å². The summed E-state index contributed by atoms with van der Waals surface area (Å²) in [6, 6.07) is 0. The molecule has 1 aliphatic rings. The van der Waals surface area contributed by atoms with Crippen molar-refractivity contribution in [3.63, 3.8) is 0 Å².